The fourth-order valence-electron chi connectivity index (χ4n) is 4.06. The molecule has 2 amide bonds. The third-order valence-electron chi connectivity index (χ3n) is 5.72. The zero-order chi connectivity index (χ0) is 20.5. The maximum absolute atomic E-state index is 13.1. The highest BCUT2D eigenvalue weighted by atomic mass is 32.1. The summed E-state index contributed by atoms with van der Waals surface area (Å²) in [5.74, 6) is 0.264. The molecule has 0 N–H and O–H groups in total. The second-order valence-corrected chi connectivity index (χ2v) is 8.74. The number of hydrogen-bond acceptors (Lipinski definition) is 5. The molecule has 0 atom stereocenters. The van der Waals surface area contributed by atoms with Crippen molar-refractivity contribution in [1.29, 1.82) is 0 Å². The van der Waals surface area contributed by atoms with Gasteiger partial charge in [0.15, 0.2) is 0 Å². The van der Waals surface area contributed by atoms with Crippen LogP contribution < -0.4 is 5.01 Å². The van der Waals surface area contributed by atoms with Crippen LogP contribution in [0.3, 0.4) is 0 Å². The third kappa shape index (κ3) is 3.61. The average molecular weight is 419 g/mol. The van der Waals surface area contributed by atoms with Crippen LogP contribution in [0.15, 0.2) is 59.7 Å². The molecule has 7 heteroatoms. The zero-order valence-corrected chi connectivity index (χ0v) is 17.3. The first-order valence-corrected chi connectivity index (χ1v) is 11.1. The van der Waals surface area contributed by atoms with Crippen LogP contribution in [0.1, 0.15) is 36.6 Å². The SMILES string of the molecule is O=C(C1=NN(c2ccccc2)C(=O)CC1)N1CCC(c2nc3ccccc3s2)CC1. The minimum Gasteiger partial charge on any atom is -0.337 e. The number of carbonyl (C=O) groups excluding carboxylic acids is 2. The third-order valence-corrected chi connectivity index (χ3v) is 6.92. The molecule has 1 aromatic heterocycles. The summed E-state index contributed by atoms with van der Waals surface area (Å²) in [5, 5.41) is 6.94. The van der Waals surface area contributed by atoms with Crippen molar-refractivity contribution in [2.75, 3.05) is 18.1 Å². The molecule has 3 heterocycles. The summed E-state index contributed by atoms with van der Waals surface area (Å²) in [6.45, 7) is 1.38. The van der Waals surface area contributed by atoms with E-state index in [1.165, 1.54) is 14.7 Å². The molecular formula is C23H22N4O2S. The fraction of sp³-hybridized carbons (Fsp3) is 0.304. The smallest absolute Gasteiger partial charge is 0.270 e. The van der Waals surface area contributed by atoms with E-state index >= 15 is 0 Å². The van der Waals surface area contributed by atoms with Crippen molar-refractivity contribution >= 4 is 44.8 Å². The summed E-state index contributed by atoms with van der Waals surface area (Å²) in [6.07, 6.45) is 2.51. The van der Waals surface area contributed by atoms with E-state index in [-0.39, 0.29) is 11.8 Å². The highest BCUT2D eigenvalue weighted by Crippen LogP contribution is 2.34. The molecule has 2 aliphatic heterocycles. The molecule has 3 aromatic rings. The number of aromatic nitrogens is 1. The second-order valence-electron chi connectivity index (χ2n) is 7.67. The Labute approximate surface area is 178 Å². The molecule has 0 aliphatic carbocycles. The maximum Gasteiger partial charge on any atom is 0.270 e. The Hall–Kier alpha value is -3.06. The number of para-hydroxylation sites is 2. The summed E-state index contributed by atoms with van der Waals surface area (Å²) in [5.41, 5.74) is 2.22. The first-order valence-electron chi connectivity index (χ1n) is 10.3. The Kier molecular flexibility index (Phi) is 5.04. The minimum absolute atomic E-state index is 0.0498. The lowest BCUT2D eigenvalue weighted by Gasteiger charge is -2.32. The Balaban J connectivity index is 1.27. The number of carbonyl (C=O) groups is 2. The molecule has 1 fully saturated rings. The molecule has 6 nitrogen and oxygen atoms in total. The predicted molar refractivity (Wildman–Crippen MR) is 119 cm³/mol. The molecule has 152 valence electrons. The van der Waals surface area contributed by atoms with Gasteiger partial charge < -0.3 is 4.90 Å². The van der Waals surface area contributed by atoms with Crippen LogP contribution in [0.4, 0.5) is 5.69 Å². The first-order chi connectivity index (χ1) is 14.7. The molecule has 0 saturated carbocycles. The van der Waals surface area contributed by atoms with Crippen LogP contribution in [0, 0.1) is 0 Å². The van der Waals surface area contributed by atoms with E-state index < -0.39 is 0 Å². The normalized spacial score (nSPS) is 18.0. The number of benzene rings is 2. The van der Waals surface area contributed by atoms with Gasteiger partial charge in [0.05, 0.1) is 20.9 Å². The van der Waals surface area contributed by atoms with Crippen LogP contribution in [0.5, 0.6) is 0 Å². The molecule has 2 aromatic carbocycles. The number of likely N-dealkylation sites (tertiary alicyclic amines) is 1. The van der Waals surface area contributed by atoms with Crippen molar-refractivity contribution in [2.45, 2.75) is 31.6 Å². The standard InChI is InChI=1S/C23H22N4O2S/c28-21-11-10-19(25-27(21)17-6-2-1-3-7-17)23(29)26-14-12-16(13-15-26)22-24-18-8-4-5-9-20(18)30-22/h1-9,16H,10-15H2. The fourth-order valence-corrected chi connectivity index (χ4v) is 5.19. The van der Waals surface area contributed by atoms with Gasteiger partial charge in [0.2, 0.25) is 5.91 Å². The van der Waals surface area contributed by atoms with Gasteiger partial charge in [0.25, 0.3) is 5.91 Å². The van der Waals surface area contributed by atoms with Gasteiger partial charge in [0.1, 0.15) is 5.71 Å². The Morgan fingerprint density at radius 2 is 1.70 bits per heavy atom. The highest BCUT2D eigenvalue weighted by Gasteiger charge is 2.31. The predicted octanol–water partition coefficient (Wildman–Crippen LogP) is 4.19. The van der Waals surface area contributed by atoms with E-state index in [1.54, 1.807) is 11.3 Å². The zero-order valence-electron chi connectivity index (χ0n) is 16.5. The number of amides is 2. The van der Waals surface area contributed by atoms with Gasteiger partial charge in [-0.1, -0.05) is 30.3 Å². The lowest BCUT2D eigenvalue weighted by atomic mass is 9.97. The van der Waals surface area contributed by atoms with Crippen molar-refractivity contribution in [3.8, 4) is 0 Å². The van der Waals surface area contributed by atoms with Crippen molar-refractivity contribution in [2.24, 2.45) is 5.10 Å². The van der Waals surface area contributed by atoms with Gasteiger partial charge >= 0.3 is 0 Å². The number of anilines is 1. The van der Waals surface area contributed by atoms with E-state index in [0.29, 0.717) is 43.2 Å². The van der Waals surface area contributed by atoms with Gasteiger partial charge in [-0.25, -0.2) is 9.99 Å². The van der Waals surface area contributed by atoms with E-state index in [9.17, 15) is 9.59 Å². The minimum atomic E-state index is -0.0766. The quantitative estimate of drug-likeness (QED) is 0.641. The summed E-state index contributed by atoms with van der Waals surface area (Å²) < 4.78 is 1.22. The molecular weight excluding hydrogens is 396 g/mol. The van der Waals surface area contributed by atoms with Gasteiger partial charge in [-0.3, -0.25) is 9.59 Å². The van der Waals surface area contributed by atoms with E-state index in [4.69, 9.17) is 4.98 Å². The topological polar surface area (TPSA) is 65.9 Å². The first kappa shape index (κ1) is 18.9. The average Bonchev–Trinajstić information content (AvgIpc) is 3.24. The molecule has 0 bridgehead atoms. The number of rotatable bonds is 3. The number of fused-ring (bicyclic) bond motifs is 1. The summed E-state index contributed by atoms with van der Waals surface area (Å²) >= 11 is 1.76. The summed E-state index contributed by atoms with van der Waals surface area (Å²) in [4.78, 5) is 32.0. The van der Waals surface area contributed by atoms with Gasteiger partial charge in [-0.2, -0.15) is 5.10 Å². The van der Waals surface area contributed by atoms with Gasteiger partial charge in [-0.15, -0.1) is 11.3 Å². The Morgan fingerprint density at radius 3 is 2.47 bits per heavy atom. The van der Waals surface area contributed by atoms with Crippen molar-refractivity contribution in [3.05, 3.63) is 59.6 Å². The molecule has 30 heavy (non-hydrogen) atoms. The lowest BCUT2D eigenvalue weighted by Crippen LogP contribution is -2.44. The molecule has 5 rings (SSSR count). The van der Waals surface area contributed by atoms with Crippen molar-refractivity contribution in [1.82, 2.24) is 9.88 Å². The number of piperidine rings is 1. The number of hydrogen-bond donors (Lipinski definition) is 0. The summed E-state index contributed by atoms with van der Waals surface area (Å²) in [7, 11) is 0. The number of nitrogens with zero attached hydrogens (tertiary/aromatic N) is 4. The molecule has 0 radical (unpaired) electrons. The van der Waals surface area contributed by atoms with Crippen LogP contribution in [-0.2, 0) is 9.59 Å². The second kappa shape index (κ2) is 7.99. The molecule has 0 spiro atoms. The van der Waals surface area contributed by atoms with Gasteiger partial charge in [-0.05, 0) is 37.1 Å². The monoisotopic (exact) mass is 418 g/mol. The summed E-state index contributed by atoms with van der Waals surface area (Å²) in [6, 6.07) is 17.5. The van der Waals surface area contributed by atoms with E-state index in [1.807, 2.05) is 47.4 Å². The Morgan fingerprint density at radius 1 is 0.967 bits per heavy atom. The van der Waals surface area contributed by atoms with Crippen LogP contribution in [-0.4, -0.2) is 40.5 Å². The van der Waals surface area contributed by atoms with Crippen LogP contribution in [0.2, 0.25) is 0 Å². The molecule has 1 saturated heterocycles. The van der Waals surface area contributed by atoms with Gasteiger partial charge in [0, 0.05) is 31.8 Å². The van der Waals surface area contributed by atoms with E-state index in [0.717, 1.165) is 18.4 Å². The van der Waals surface area contributed by atoms with Crippen LogP contribution >= 0.6 is 11.3 Å². The maximum atomic E-state index is 13.1. The van der Waals surface area contributed by atoms with E-state index in [2.05, 4.69) is 17.2 Å². The Bertz CT molecular complexity index is 1080. The number of hydrazone groups is 1. The van der Waals surface area contributed by atoms with Crippen molar-refractivity contribution in [3.63, 3.8) is 0 Å². The largest absolute Gasteiger partial charge is 0.337 e. The molecule has 0 unspecified atom stereocenters. The lowest BCUT2D eigenvalue weighted by molar-refractivity contribution is -0.125. The van der Waals surface area contributed by atoms with Crippen LogP contribution in [0.25, 0.3) is 10.2 Å². The van der Waals surface area contributed by atoms with Crippen molar-refractivity contribution < 1.29 is 9.59 Å². The molecule has 2 aliphatic rings. The number of thiazole rings is 1. The highest BCUT2D eigenvalue weighted by molar-refractivity contribution is 7.18.